The highest BCUT2D eigenvalue weighted by Crippen LogP contribution is 2.26. The molecule has 0 unspecified atom stereocenters. The number of hydrogen-bond donors (Lipinski definition) is 1. The van der Waals surface area contributed by atoms with Crippen molar-refractivity contribution in [2.75, 3.05) is 11.1 Å². The van der Waals surface area contributed by atoms with E-state index in [4.69, 9.17) is 11.6 Å². The van der Waals surface area contributed by atoms with Crippen LogP contribution in [0.5, 0.6) is 0 Å². The molecule has 0 saturated carbocycles. The van der Waals surface area contributed by atoms with Crippen LogP contribution in [-0.4, -0.2) is 31.9 Å². The number of tetrazole rings is 1. The van der Waals surface area contributed by atoms with Crippen LogP contribution in [0.25, 0.3) is 5.69 Å². The molecule has 0 aliphatic carbocycles. The quantitative estimate of drug-likeness (QED) is 0.639. The van der Waals surface area contributed by atoms with Crippen molar-refractivity contribution in [1.29, 1.82) is 5.26 Å². The van der Waals surface area contributed by atoms with Crippen LogP contribution in [0.4, 0.5) is 5.69 Å². The zero-order chi connectivity index (χ0) is 20.3. The molecule has 2 aromatic carbocycles. The summed E-state index contributed by atoms with van der Waals surface area (Å²) in [5.41, 5.74) is 4.78. The number of halogens is 1. The SMILES string of the molecule is Cc1cc(C)c(-n2nnnc2SCC(=O)Nc2cccc(Cl)c2C#N)c(C)c1. The summed E-state index contributed by atoms with van der Waals surface area (Å²) in [6.45, 7) is 6.04. The van der Waals surface area contributed by atoms with Crippen LogP contribution in [0.2, 0.25) is 5.02 Å². The fourth-order valence-electron chi connectivity index (χ4n) is 2.97. The third-order valence-corrected chi connectivity index (χ3v) is 5.25. The zero-order valence-electron chi connectivity index (χ0n) is 15.5. The van der Waals surface area contributed by atoms with Crippen LogP contribution in [0.1, 0.15) is 22.3 Å². The van der Waals surface area contributed by atoms with Gasteiger partial charge in [0.15, 0.2) is 0 Å². The number of benzene rings is 2. The van der Waals surface area contributed by atoms with Crippen LogP contribution in [0.15, 0.2) is 35.5 Å². The standard InChI is InChI=1S/C19H17ClN6OS/c1-11-7-12(2)18(13(3)8-11)26-19(23-24-25-26)28-10-17(27)22-16-6-4-5-15(20)14(16)9-21/h4-8H,10H2,1-3H3,(H,22,27). The van der Waals surface area contributed by atoms with Gasteiger partial charge in [-0.15, -0.1) is 5.10 Å². The predicted octanol–water partition coefficient (Wildman–Crippen LogP) is 3.84. The maximum Gasteiger partial charge on any atom is 0.234 e. The van der Waals surface area contributed by atoms with Crippen molar-refractivity contribution >= 4 is 35.0 Å². The number of aryl methyl sites for hydroxylation is 3. The molecule has 3 aromatic rings. The molecule has 1 heterocycles. The summed E-state index contributed by atoms with van der Waals surface area (Å²) in [6.07, 6.45) is 0. The Bertz CT molecular complexity index is 1070. The van der Waals surface area contributed by atoms with E-state index in [0.717, 1.165) is 22.4 Å². The van der Waals surface area contributed by atoms with Crippen LogP contribution in [0, 0.1) is 32.1 Å². The van der Waals surface area contributed by atoms with Crippen molar-refractivity contribution in [3.05, 3.63) is 57.6 Å². The maximum absolute atomic E-state index is 12.4. The number of amides is 1. The fourth-order valence-corrected chi connectivity index (χ4v) is 3.87. The first-order valence-electron chi connectivity index (χ1n) is 8.38. The molecule has 9 heteroatoms. The minimum atomic E-state index is -0.282. The van der Waals surface area contributed by atoms with Crippen molar-refractivity contribution in [1.82, 2.24) is 20.2 Å². The van der Waals surface area contributed by atoms with Gasteiger partial charge in [0.1, 0.15) is 6.07 Å². The van der Waals surface area contributed by atoms with Crippen LogP contribution < -0.4 is 5.32 Å². The Hall–Kier alpha value is -2.89. The number of aromatic nitrogens is 4. The second-order valence-corrected chi connectivity index (χ2v) is 7.58. The molecule has 7 nitrogen and oxygen atoms in total. The topological polar surface area (TPSA) is 96.5 Å². The van der Waals surface area contributed by atoms with E-state index in [1.54, 1.807) is 22.9 Å². The number of carbonyl (C=O) groups is 1. The Labute approximate surface area is 171 Å². The predicted molar refractivity (Wildman–Crippen MR) is 109 cm³/mol. The van der Waals surface area contributed by atoms with Crippen LogP contribution in [0.3, 0.4) is 0 Å². The lowest BCUT2D eigenvalue weighted by Crippen LogP contribution is -2.15. The number of thioether (sulfide) groups is 1. The summed E-state index contributed by atoms with van der Waals surface area (Å²) in [7, 11) is 0. The van der Waals surface area contributed by atoms with Gasteiger partial charge in [-0.2, -0.15) is 9.94 Å². The summed E-state index contributed by atoms with van der Waals surface area (Å²) in [4.78, 5) is 12.4. The summed E-state index contributed by atoms with van der Waals surface area (Å²) < 4.78 is 1.64. The summed E-state index contributed by atoms with van der Waals surface area (Å²) >= 11 is 7.21. The Morgan fingerprint density at radius 2 is 2.00 bits per heavy atom. The second kappa shape index (κ2) is 8.42. The van der Waals surface area contributed by atoms with Crippen molar-refractivity contribution in [3.8, 4) is 11.8 Å². The average Bonchev–Trinajstić information content (AvgIpc) is 3.07. The molecule has 0 bridgehead atoms. The number of hydrogen-bond acceptors (Lipinski definition) is 6. The molecule has 3 rings (SSSR count). The molecular weight excluding hydrogens is 396 g/mol. The second-order valence-electron chi connectivity index (χ2n) is 6.23. The summed E-state index contributed by atoms with van der Waals surface area (Å²) in [5, 5.41) is 24.6. The highest BCUT2D eigenvalue weighted by atomic mass is 35.5. The Kier molecular flexibility index (Phi) is 5.97. The number of carbonyl (C=O) groups excluding carboxylic acids is 1. The minimum Gasteiger partial charge on any atom is -0.324 e. The molecule has 0 aliphatic rings. The molecule has 0 fully saturated rings. The summed E-state index contributed by atoms with van der Waals surface area (Å²) in [5.74, 6) is -0.197. The normalized spacial score (nSPS) is 10.5. The van der Waals surface area contributed by atoms with Crippen molar-refractivity contribution in [3.63, 3.8) is 0 Å². The molecule has 142 valence electrons. The van der Waals surface area contributed by atoms with Gasteiger partial charge in [0.05, 0.1) is 27.7 Å². The van der Waals surface area contributed by atoms with E-state index in [1.807, 2.05) is 26.8 Å². The lowest BCUT2D eigenvalue weighted by Gasteiger charge is -2.12. The van der Waals surface area contributed by atoms with Crippen LogP contribution >= 0.6 is 23.4 Å². The zero-order valence-corrected chi connectivity index (χ0v) is 17.1. The van der Waals surface area contributed by atoms with E-state index in [1.165, 1.54) is 11.8 Å². The van der Waals surface area contributed by atoms with Crippen LogP contribution in [-0.2, 0) is 4.79 Å². The van der Waals surface area contributed by atoms with E-state index in [2.05, 4.69) is 33.0 Å². The maximum atomic E-state index is 12.4. The van der Waals surface area contributed by atoms with Crippen molar-refractivity contribution in [2.45, 2.75) is 25.9 Å². The van der Waals surface area contributed by atoms with Gasteiger partial charge in [-0.3, -0.25) is 4.79 Å². The van der Waals surface area contributed by atoms with E-state index < -0.39 is 0 Å². The van der Waals surface area contributed by atoms with Gasteiger partial charge in [-0.1, -0.05) is 47.1 Å². The average molecular weight is 413 g/mol. The lowest BCUT2D eigenvalue weighted by atomic mass is 10.1. The van der Waals surface area contributed by atoms with Gasteiger partial charge in [0.25, 0.3) is 0 Å². The molecule has 1 N–H and O–H groups in total. The van der Waals surface area contributed by atoms with Gasteiger partial charge < -0.3 is 5.32 Å². The van der Waals surface area contributed by atoms with Gasteiger partial charge >= 0.3 is 0 Å². The molecule has 1 amide bonds. The van der Waals surface area contributed by atoms with E-state index in [9.17, 15) is 10.1 Å². The number of nitrogens with one attached hydrogen (secondary N) is 1. The highest BCUT2D eigenvalue weighted by Gasteiger charge is 2.16. The minimum absolute atomic E-state index is 0.0850. The number of nitriles is 1. The number of nitrogens with zero attached hydrogens (tertiary/aromatic N) is 5. The fraction of sp³-hybridized carbons (Fsp3) is 0.211. The Balaban J connectivity index is 1.76. The monoisotopic (exact) mass is 412 g/mol. The largest absolute Gasteiger partial charge is 0.324 e. The smallest absolute Gasteiger partial charge is 0.234 e. The Morgan fingerprint density at radius 3 is 2.68 bits per heavy atom. The Morgan fingerprint density at radius 1 is 1.29 bits per heavy atom. The van der Waals surface area contributed by atoms with Crippen molar-refractivity contribution in [2.24, 2.45) is 0 Å². The van der Waals surface area contributed by atoms with Gasteiger partial charge in [-0.25, -0.2) is 0 Å². The molecule has 0 radical (unpaired) electrons. The number of anilines is 1. The first kappa shape index (κ1) is 19.9. The molecule has 28 heavy (non-hydrogen) atoms. The van der Waals surface area contributed by atoms with Crippen molar-refractivity contribution < 1.29 is 4.79 Å². The third kappa shape index (κ3) is 4.16. The van der Waals surface area contributed by atoms with E-state index in [-0.39, 0.29) is 17.2 Å². The van der Waals surface area contributed by atoms with Gasteiger partial charge in [-0.05, 0) is 54.5 Å². The van der Waals surface area contributed by atoms with E-state index >= 15 is 0 Å². The third-order valence-electron chi connectivity index (χ3n) is 4.02. The highest BCUT2D eigenvalue weighted by molar-refractivity contribution is 7.99. The van der Waals surface area contributed by atoms with Gasteiger partial charge in [0, 0.05) is 0 Å². The summed E-state index contributed by atoms with van der Waals surface area (Å²) in [6, 6.07) is 11.0. The molecule has 0 aliphatic heterocycles. The molecular formula is C19H17ClN6OS. The van der Waals surface area contributed by atoms with E-state index in [0.29, 0.717) is 15.9 Å². The molecule has 1 aromatic heterocycles. The molecule has 0 saturated heterocycles. The molecule has 0 atom stereocenters. The number of rotatable bonds is 5. The molecule has 0 spiro atoms. The first-order chi connectivity index (χ1) is 13.4. The van der Waals surface area contributed by atoms with Gasteiger partial charge in [0.2, 0.25) is 11.1 Å². The lowest BCUT2D eigenvalue weighted by molar-refractivity contribution is -0.113. The first-order valence-corrected chi connectivity index (χ1v) is 9.75.